The van der Waals surface area contributed by atoms with Gasteiger partial charge in [0.2, 0.25) is 5.91 Å². The molecule has 1 aliphatic heterocycles. The van der Waals surface area contributed by atoms with Gasteiger partial charge in [-0.15, -0.1) is 0 Å². The lowest BCUT2D eigenvalue weighted by molar-refractivity contribution is -0.136. The van der Waals surface area contributed by atoms with E-state index in [1.807, 2.05) is 0 Å². The summed E-state index contributed by atoms with van der Waals surface area (Å²) < 4.78 is 5.23. The van der Waals surface area contributed by atoms with Gasteiger partial charge in [0.25, 0.3) is 0 Å². The quantitative estimate of drug-likeness (QED) is 0.618. The summed E-state index contributed by atoms with van der Waals surface area (Å²) in [6.07, 6.45) is 2.66. The molecule has 1 fully saturated rings. The fourth-order valence-corrected chi connectivity index (χ4v) is 1.35. The summed E-state index contributed by atoms with van der Waals surface area (Å²) in [5.41, 5.74) is 2.35. The van der Waals surface area contributed by atoms with Crippen molar-refractivity contribution in [3.8, 4) is 0 Å². The van der Waals surface area contributed by atoms with Gasteiger partial charge in [-0.05, 0) is 19.3 Å². The molecule has 1 atom stereocenters. The number of hydrogen-bond acceptors (Lipinski definition) is 3. The average Bonchev–Trinajstić information content (AvgIpc) is 2.32. The first-order chi connectivity index (χ1) is 5.84. The van der Waals surface area contributed by atoms with E-state index < -0.39 is 0 Å². The van der Waals surface area contributed by atoms with Crippen molar-refractivity contribution < 1.29 is 14.4 Å². The third-order valence-corrected chi connectivity index (χ3v) is 2.03. The highest BCUT2D eigenvalue weighted by atomic mass is 16.6. The summed E-state index contributed by atoms with van der Waals surface area (Å²) >= 11 is 0. The van der Waals surface area contributed by atoms with Crippen LogP contribution in [0.1, 0.15) is 19.3 Å². The Bertz CT molecular complexity index is 141. The Kier molecular flexibility index (Phi) is 4.04. The molecule has 0 aromatic rings. The molecule has 12 heavy (non-hydrogen) atoms. The van der Waals surface area contributed by atoms with E-state index in [2.05, 4.69) is 10.3 Å². The molecule has 0 aromatic heterocycles. The second-order valence-corrected chi connectivity index (χ2v) is 2.91. The van der Waals surface area contributed by atoms with Crippen LogP contribution < -0.4 is 5.48 Å². The molecule has 1 rings (SSSR count). The number of ether oxygens (including phenoxy) is 1. The van der Waals surface area contributed by atoms with Gasteiger partial charge in [0.15, 0.2) is 0 Å². The Morgan fingerprint density at radius 3 is 3.08 bits per heavy atom. The van der Waals surface area contributed by atoms with Crippen LogP contribution in [0.5, 0.6) is 0 Å². The van der Waals surface area contributed by atoms with Crippen LogP contribution in [-0.2, 0) is 14.4 Å². The van der Waals surface area contributed by atoms with Gasteiger partial charge in [0, 0.05) is 19.1 Å². The highest BCUT2D eigenvalue weighted by molar-refractivity contribution is 5.77. The van der Waals surface area contributed by atoms with Gasteiger partial charge in [-0.25, -0.2) is 5.48 Å². The summed E-state index contributed by atoms with van der Waals surface area (Å²) in [6, 6.07) is 0. The molecule has 0 aromatic carbocycles. The number of nitrogens with one attached hydrogen (secondary N) is 1. The van der Waals surface area contributed by atoms with E-state index in [9.17, 15) is 4.79 Å². The predicted molar refractivity (Wildman–Crippen MR) is 43.3 cm³/mol. The largest absolute Gasteiger partial charge is 0.381 e. The first-order valence-electron chi connectivity index (χ1n) is 4.25. The van der Waals surface area contributed by atoms with E-state index >= 15 is 0 Å². The van der Waals surface area contributed by atoms with Crippen LogP contribution in [-0.4, -0.2) is 26.2 Å². The minimum atomic E-state index is -0.0250. The molecule has 0 saturated carbocycles. The Morgan fingerprint density at radius 2 is 2.33 bits per heavy atom. The third-order valence-electron chi connectivity index (χ3n) is 2.03. The first-order valence-corrected chi connectivity index (χ1v) is 4.25. The van der Waals surface area contributed by atoms with Crippen molar-refractivity contribution in [1.29, 1.82) is 0 Å². The molecule has 0 radical (unpaired) electrons. The molecule has 0 aliphatic carbocycles. The average molecular weight is 173 g/mol. The first kappa shape index (κ1) is 9.48. The number of hydroxylamine groups is 1. The fourth-order valence-electron chi connectivity index (χ4n) is 1.35. The smallest absolute Gasteiger partial charge is 0.246 e. The van der Waals surface area contributed by atoms with E-state index in [4.69, 9.17) is 4.74 Å². The zero-order valence-corrected chi connectivity index (χ0v) is 7.34. The molecule has 1 aliphatic rings. The van der Waals surface area contributed by atoms with Crippen molar-refractivity contribution >= 4 is 5.91 Å². The molecular weight excluding hydrogens is 158 g/mol. The molecular formula is C8H15NO3. The van der Waals surface area contributed by atoms with E-state index in [0.717, 1.165) is 25.9 Å². The van der Waals surface area contributed by atoms with Crippen LogP contribution in [0.25, 0.3) is 0 Å². The lowest BCUT2D eigenvalue weighted by Crippen LogP contribution is -2.29. The standard InChI is InChI=1S/C8H15NO3/c1-11-9-8(10)7-3-2-5-12-6-4-7/h7H,2-6H2,1H3,(H,9,10). The van der Waals surface area contributed by atoms with Crippen LogP contribution in [0.2, 0.25) is 0 Å². The van der Waals surface area contributed by atoms with Gasteiger partial charge in [0.05, 0.1) is 7.11 Å². The zero-order valence-electron chi connectivity index (χ0n) is 7.34. The molecule has 1 N–H and O–H groups in total. The summed E-state index contributed by atoms with van der Waals surface area (Å²) in [6.45, 7) is 1.46. The third kappa shape index (κ3) is 2.79. The Morgan fingerprint density at radius 1 is 1.50 bits per heavy atom. The zero-order chi connectivity index (χ0) is 8.81. The van der Waals surface area contributed by atoms with Crippen LogP contribution in [0, 0.1) is 5.92 Å². The number of hydrogen-bond donors (Lipinski definition) is 1. The minimum absolute atomic E-state index is 0.0250. The van der Waals surface area contributed by atoms with Gasteiger partial charge in [-0.2, -0.15) is 0 Å². The van der Waals surface area contributed by atoms with Crippen molar-refractivity contribution in [2.75, 3.05) is 20.3 Å². The highest BCUT2D eigenvalue weighted by Crippen LogP contribution is 2.15. The number of carbonyl (C=O) groups is 1. The van der Waals surface area contributed by atoms with Crippen molar-refractivity contribution in [2.24, 2.45) is 5.92 Å². The number of amides is 1. The summed E-state index contributed by atoms with van der Waals surface area (Å²) in [4.78, 5) is 15.8. The van der Waals surface area contributed by atoms with Gasteiger partial charge < -0.3 is 4.74 Å². The van der Waals surface area contributed by atoms with E-state index in [0.29, 0.717) is 6.61 Å². The van der Waals surface area contributed by atoms with Gasteiger partial charge in [-0.3, -0.25) is 9.63 Å². The molecule has 4 heteroatoms. The lowest BCUT2D eigenvalue weighted by Gasteiger charge is -2.11. The van der Waals surface area contributed by atoms with Gasteiger partial charge in [-0.1, -0.05) is 0 Å². The van der Waals surface area contributed by atoms with Crippen LogP contribution in [0.4, 0.5) is 0 Å². The predicted octanol–water partition coefficient (Wildman–Crippen LogP) is 0.481. The van der Waals surface area contributed by atoms with E-state index in [1.165, 1.54) is 7.11 Å². The monoisotopic (exact) mass is 173 g/mol. The summed E-state index contributed by atoms with van der Waals surface area (Å²) in [7, 11) is 1.45. The Balaban J connectivity index is 2.32. The molecule has 4 nitrogen and oxygen atoms in total. The van der Waals surface area contributed by atoms with Crippen molar-refractivity contribution in [3.05, 3.63) is 0 Å². The van der Waals surface area contributed by atoms with Gasteiger partial charge in [0.1, 0.15) is 0 Å². The maximum Gasteiger partial charge on any atom is 0.246 e. The topological polar surface area (TPSA) is 47.6 Å². The van der Waals surface area contributed by atoms with Gasteiger partial charge >= 0.3 is 0 Å². The second kappa shape index (κ2) is 5.11. The van der Waals surface area contributed by atoms with Crippen molar-refractivity contribution in [2.45, 2.75) is 19.3 Å². The molecule has 1 heterocycles. The SMILES string of the molecule is CONC(=O)C1CCCOCC1. The molecule has 70 valence electrons. The molecule has 1 saturated heterocycles. The highest BCUT2D eigenvalue weighted by Gasteiger charge is 2.19. The second-order valence-electron chi connectivity index (χ2n) is 2.91. The number of rotatable bonds is 2. The lowest BCUT2D eigenvalue weighted by atomic mass is 10.0. The maximum absolute atomic E-state index is 11.3. The van der Waals surface area contributed by atoms with Crippen LogP contribution in [0.3, 0.4) is 0 Å². The number of carbonyl (C=O) groups excluding carboxylic acids is 1. The maximum atomic E-state index is 11.3. The van der Waals surface area contributed by atoms with Crippen LogP contribution >= 0.6 is 0 Å². The normalized spacial score (nSPS) is 24.6. The van der Waals surface area contributed by atoms with E-state index in [-0.39, 0.29) is 11.8 Å². The van der Waals surface area contributed by atoms with Crippen molar-refractivity contribution in [3.63, 3.8) is 0 Å². The Labute approximate surface area is 72.2 Å². The molecule has 1 amide bonds. The minimum Gasteiger partial charge on any atom is -0.381 e. The molecule has 1 unspecified atom stereocenters. The summed E-state index contributed by atoms with van der Waals surface area (Å²) in [5, 5.41) is 0. The van der Waals surface area contributed by atoms with Crippen LogP contribution in [0.15, 0.2) is 0 Å². The Hall–Kier alpha value is -0.610. The fraction of sp³-hybridized carbons (Fsp3) is 0.875. The molecule has 0 bridgehead atoms. The molecule has 0 spiro atoms. The summed E-state index contributed by atoms with van der Waals surface area (Å²) in [5.74, 6) is 0.0375. The van der Waals surface area contributed by atoms with E-state index in [1.54, 1.807) is 0 Å². The van der Waals surface area contributed by atoms with Crippen molar-refractivity contribution in [1.82, 2.24) is 5.48 Å².